The van der Waals surface area contributed by atoms with Crippen LogP contribution >= 0.6 is 0 Å². The average Bonchev–Trinajstić information content (AvgIpc) is 1.98. The summed E-state index contributed by atoms with van der Waals surface area (Å²) in [5.41, 5.74) is 0. The molecular weight excluding hydrogens is 192 g/mol. The van der Waals surface area contributed by atoms with E-state index in [1.54, 1.807) is 0 Å². The van der Waals surface area contributed by atoms with Crippen molar-refractivity contribution in [3.63, 3.8) is 0 Å². The molecule has 0 aromatic carbocycles. The van der Waals surface area contributed by atoms with E-state index in [2.05, 4.69) is 15.4 Å². The standard InChI is InChI=1S/C7H12O5Si/c1-4-5-10-13(11-6(2)8)12-7(3)9/h4,13H,1,5H2,2-3H3. The summed E-state index contributed by atoms with van der Waals surface area (Å²) >= 11 is 0. The normalized spacial score (nSPS) is 9.46. The molecule has 0 radical (unpaired) electrons. The molecule has 0 unspecified atom stereocenters. The molecule has 6 heteroatoms. The Morgan fingerprint density at radius 3 is 2.08 bits per heavy atom. The number of carbonyl (C=O) groups excluding carboxylic acids is 2. The van der Waals surface area contributed by atoms with E-state index in [-0.39, 0.29) is 6.61 Å². The van der Waals surface area contributed by atoms with Crippen molar-refractivity contribution in [3.8, 4) is 0 Å². The van der Waals surface area contributed by atoms with Crippen molar-refractivity contribution in [2.45, 2.75) is 13.8 Å². The lowest BCUT2D eigenvalue weighted by molar-refractivity contribution is -0.140. The van der Waals surface area contributed by atoms with Crippen molar-refractivity contribution >= 4 is 21.5 Å². The van der Waals surface area contributed by atoms with E-state index in [1.165, 1.54) is 19.9 Å². The topological polar surface area (TPSA) is 61.8 Å². The summed E-state index contributed by atoms with van der Waals surface area (Å²) in [7, 11) is -2.64. The molecule has 0 N–H and O–H groups in total. The van der Waals surface area contributed by atoms with Gasteiger partial charge in [-0.05, 0) is 0 Å². The van der Waals surface area contributed by atoms with Gasteiger partial charge in [-0.25, -0.2) is 0 Å². The molecule has 0 saturated heterocycles. The summed E-state index contributed by atoms with van der Waals surface area (Å²) < 4.78 is 14.2. The zero-order valence-corrected chi connectivity index (χ0v) is 8.76. The highest BCUT2D eigenvalue weighted by Crippen LogP contribution is 1.94. The van der Waals surface area contributed by atoms with Crippen LogP contribution in [0.4, 0.5) is 0 Å². The first-order chi connectivity index (χ1) is 6.06. The van der Waals surface area contributed by atoms with Gasteiger partial charge in [0.25, 0.3) is 11.9 Å². The predicted octanol–water partition coefficient (Wildman–Crippen LogP) is 0.0324. The maximum atomic E-state index is 10.5. The molecule has 13 heavy (non-hydrogen) atoms. The second-order valence-electron chi connectivity index (χ2n) is 2.13. The van der Waals surface area contributed by atoms with Crippen LogP contribution in [-0.4, -0.2) is 28.1 Å². The molecule has 5 nitrogen and oxygen atoms in total. The van der Waals surface area contributed by atoms with Gasteiger partial charge in [-0.2, -0.15) is 0 Å². The highest BCUT2D eigenvalue weighted by atomic mass is 28.3. The van der Waals surface area contributed by atoms with Crippen molar-refractivity contribution in [2.75, 3.05) is 6.61 Å². The first-order valence-corrected chi connectivity index (χ1v) is 5.04. The van der Waals surface area contributed by atoms with Gasteiger partial charge in [0.2, 0.25) is 0 Å². The Labute approximate surface area is 78.3 Å². The molecular formula is C7H12O5Si. The molecule has 0 rings (SSSR count). The Balaban J connectivity index is 3.93. The molecule has 0 aromatic heterocycles. The Bertz CT molecular complexity index is 187. The minimum atomic E-state index is -2.64. The monoisotopic (exact) mass is 204 g/mol. The van der Waals surface area contributed by atoms with E-state index < -0.39 is 21.5 Å². The second-order valence-corrected chi connectivity index (χ2v) is 3.51. The summed E-state index contributed by atoms with van der Waals surface area (Å²) in [6.07, 6.45) is 1.48. The summed E-state index contributed by atoms with van der Waals surface area (Å²) in [5, 5.41) is 0. The predicted molar refractivity (Wildman–Crippen MR) is 46.8 cm³/mol. The lowest BCUT2D eigenvalue weighted by Gasteiger charge is -2.12. The van der Waals surface area contributed by atoms with Crippen LogP contribution in [0.1, 0.15) is 13.8 Å². The molecule has 0 amide bonds. The zero-order chi connectivity index (χ0) is 10.3. The van der Waals surface area contributed by atoms with Gasteiger partial charge in [0.05, 0.1) is 6.61 Å². The Morgan fingerprint density at radius 2 is 1.77 bits per heavy atom. The van der Waals surface area contributed by atoms with Crippen molar-refractivity contribution in [2.24, 2.45) is 0 Å². The molecule has 0 aliphatic rings. The summed E-state index contributed by atoms with van der Waals surface area (Å²) in [4.78, 5) is 21.0. The molecule has 0 aliphatic carbocycles. The number of carbonyl (C=O) groups is 2. The van der Waals surface area contributed by atoms with Crippen molar-refractivity contribution in [1.29, 1.82) is 0 Å². The molecule has 0 saturated carbocycles. The van der Waals surface area contributed by atoms with E-state index in [0.717, 1.165) is 0 Å². The van der Waals surface area contributed by atoms with Gasteiger partial charge in [0.1, 0.15) is 0 Å². The van der Waals surface area contributed by atoms with Gasteiger partial charge in [-0.1, -0.05) is 6.08 Å². The smallest absolute Gasteiger partial charge is 0.467 e. The SMILES string of the molecule is C=CCO[SiH](OC(C)=O)OC(C)=O. The summed E-state index contributed by atoms with van der Waals surface area (Å²) in [6, 6.07) is 0. The second kappa shape index (κ2) is 6.38. The van der Waals surface area contributed by atoms with Gasteiger partial charge < -0.3 is 13.3 Å². The third kappa shape index (κ3) is 7.23. The van der Waals surface area contributed by atoms with Gasteiger partial charge in [0, 0.05) is 13.8 Å². The third-order valence-corrected chi connectivity index (χ3v) is 2.39. The summed E-state index contributed by atoms with van der Waals surface area (Å²) in [5.74, 6) is -1.05. The quantitative estimate of drug-likeness (QED) is 0.467. The van der Waals surface area contributed by atoms with Crippen molar-refractivity contribution < 1.29 is 22.9 Å². The van der Waals surface area contributed by atoms with E-state index in [4.69, 9.17) is 4.43 Å². The van der Waals surface area contributed by atoms with E-state index in [9.17, 15) is 9.59 Å². The van der Waals surface area contributed by atoms with Crippen LogP contribution in [0, 0.1) is 0 Å². The van der Waals surface area contributed by atoms with Crippen LogP contribution < -0.4 is 0 Å². The van der Waals surface area contributed by atoms with E-state index >= 15 is 0 Å². The molecule has 0 aliphatic heterocycles. The fourth-order valence-electron chi connectivity index (χ4n) is 0.510. The molecule has 0 fully saturated rings. The Hall–Kier alpha value is -1.14. The molecule has 0 heterocycles. The number of hydrogen-bond acceptors (Lipinski definition) is 5. The van der Waals surface area contributed by atoms with E-state index in [0.29, 0.717) is 0 Å². The minimum absolute atomic E-state index is 0.192. The van der Waals surface area contributed by atoms with Crippen molar-refractivity contribution in [1.82, 2.24) is 0 Å². The van der Waals surface area contributed by atoms with E-state index in [1.807, 2.05) is 0 Å². The zero-order valence-electron chi connectivity index (χ0n) is 7.61. The van der Waals surface area contributed by atoms with Gasteiger partial charge in [-0.15, -0.1) is 6.58 Å². The van der Waals surface area contributed by atoms with Gasteiger partial charge in [0.15, 0.2) is 0 Å². The van der Waals surface area contributed by atoms with Crippen LogP contribution in [-0.2, 0) is 22.9 Å². The fourth-order valence-corrected chi connectivity index (χ4v) is 1.53. The van der Waals surface area contributed by atoms with Crippen LogP contribution in [0.15, 0.2) is 12.7 Å². The molecule has 0 spiro atoms. The number of hydrogen-bond donors (Lipinski definition) is 0. The Kier molecular flexibility index (Phi) is 5.82. The highest BCUT2D eigenvalue weighted by molar-refractivity contribution is 6.41. The largest absolute Gasteiger partial charge is 0.620 e. The molecule has 0 atom stereocenters. The summed E-state index contributed by atoms with van der Waals surface area (Å²) in [6.45, 7) is 6.05. The first kappa shape index (κ1) is 11.9. The maximum Gasteiger partial charge on any atom is 0.620 e. The van der Waals surface area contributed by atoms with Crippen LogP contribution in [0.3, 0.4) is 0 Å². The van der Waals surface area contributed by atoms with Gasteiger partial charge >= 0.3 is 9.53 Å². The maximum absolute atomic E-state index is 10.5. The molecule has 0 aromatic rings. The lowest BCUT2D eigenvalue weighted by Crippen LogP contribution is -2.31. The van der Waals surface area contributed by atoms with Gasteiger partial charge in [-0.3, -0.25) is 9.59 Å². The van der Waals surface area contributed by atoms with Crippen LogP contribution in [0.2, 0.25) is 0 Å². The Morgan fingerprint density at radius 1 is 1.31 bits per heavy atom. The molecule has 0 bridgehead atoms. The first-order valence-electron chi connectivity index (χ1n) is 3.63. The molecule has 74 valence electrons. The average molecular weight is 204 g/mol. The fraction of sp³-hybridized carbons (Fsp3) is 0.429. The number of rotatable bonds is 5. The van der Waals surface area contributed by atoms with Crippen LogP contribution in [0.25, 0.3) is 0 Å². The lowest BCUT2D eigenvalue weighted by atomic mass is 10.7. The highest BCUT2D eigenvalue weighted by Gasteiger charge is 2.21. The minimum Gasteiger partial charge on any atom is -0.467 e. The van der Waals surface area contributed by atoms with Crippen LogP contribution in [0.5, 0.6) is 0 Å². The third-order valence-electron chi connectivity index (χ3n) is 0.875. The van der Waals surface area contributed by atoms with Crippen molar-refractivity contribution in [3.05, 3.63) is 12.7 Å².